The highest BCUT2D eigenvalue weighted by atomic mass is 35.5. The number of primary amides is 2. The minimum absolute atomic E-state index is 0.531. The van der Waals surface area contributed by atoms with Gasteiger partial charge in [-0.3, -0.25) is 9.59 Å². The van der Waals surface area contributed by atoms with E-state index in [9.17, 15) is 9.59 Å². The second kappa shape index (κ2) is 9.24. The molecule has 176 valence electrons. The first-order valence-electron chi connectivity index (χ1n) is 12.7. The Labute approximate surface area is 212 Å². The van der Waals surface area contributed by atoms with Crippen LogP contribution in [0.25, 0.3) is 11.1 Å². The van der Waals surface area contributed by atoms with E-state index in [1.54, 1.807) is 0 Å². The van der Waals surface area contributed by atoms with Gasteiger partial charge in [-0.25, -0.2) is 0 Å². The van der Waals surface area contributed by atoms with Crippen LogP contribution in [-0.2, 0) is 22.4 Å². The summed E-state index contributed by atoms with van der Waals surface area (Å²) in [6.07, 6.45) is 5.87. The number of nitrogens with two attached hydrogens (primary N) is 2. The summed E-state index contributed by atoms with van der Waals surface area (Å²) in [6.45, 7) is 0. The summed E-state index contributed by atoms with van der Waals surface area (Å²) in [5, 5.41) is 1.39. The van der Waals surface area contributed by atoms with Crippen LogP contribution >= 0.6 is 23.2 Å². The zero-order valence-corrected chi connectivity index (χ0v) is 20.4. The van der Waals surface area contributed by atoms with Gasteiger partial charge in [-0.05, 0) is 120 Å². The molecule has 0 saturated heterocycles. The van der Waals surface area contributed by atoms with Gasteiger partial charge in [0.25, 0.3) is 0 Å². The van der Waals surface area contributed by atoms with Crippen LogP contribution in [0.5, 0.6) is 0 Å². The summed E-state index contributed by atoms with van der Waals surface area (Å²) >= 11 is 12.1. The minimum atomic E-state index is -1.22. The third-order valence-electron chi connectivity index (χ3n) is 7.29. The van der Waals surface area contributed by atoms with E-state index in [1.807, 2.05) is 36.4 Å². The summed E-state index contributed by atoms with van der Waals surface area (Å²) in [4.78, 5) is 23.2. The zero-order chi connectivity index (χ0) is 25.8. The molecule has 6 rings (SSSR count). The van der Waals surface area contributed by atoms with Crippen LogP contribution in [0.3, 0.4) is 0 Å². The van der Waals surface area contributed by atoms with Crippen LogP contribution in [0, 0.1) is 11.8 Å². The van der Waals surface area contributed by atoms with Crippen molar-refractivity contribution < 1.29 is 12.3 Å². The first kappa shape index (κ1) is 20.8. The van der Waals surface area contributed by atoms with E-state index in [-0.39, 0.29) is 0 Å². The third-order valence-corrected chi connectivity index (χ3v) is 7.76. The lowest BCUT2D eigenvalue weighted by molar-refractivity contribution is -0.121. The van der Waals surface area contributed by atoms with Crippen LogP contribution in [0.1, 0.15) is 63.5 Å². The van der Waals surface area contributed by atoms with E-state index in [0.717, 1.165) is 70.2 Å². The standard InChI is InChI=1S/2C14H14ClNO/c2*15-9-5-4-8-6-13-10(12(8)7-9)2-1-3-11(13)14(16)17/h2*4-5,7,11H,1-3,6H2,(H2,16,17)/t2*11-/m10/s1/i2*11D. The number of carbonyl (C=O) groups is 2. The van der Waals surface area contributed by atoms with E-state index >= 15 is 0 Å². The minimum Gasteiger partial charge on any atom is -0.369 e. The quantitative estimate of drug-likeness (QED) is 0.544. The van der Waals surface area contributed by atoms with Crippen LogP contribution in [0.4, 0.5) is 0 Å². The Kier molecular flexibility index (Phi) is 5.65. The predicted molar refractivity (Wildman–Crippen MR) is 137 cm³/mol. The highest BCUT2D eigenvalue weighted by molar-refractivity contribution is 6.31. The van der Waals surface area contributed by atoms with Crippen molar-refractivity contribution in [3.8, 4) is 0 Å². The fourth-order valence-electron chi connectivity index (χ4n) is 5.77. The van der Waals surface area contributed by atoms with Gasteiger partial charge in [0.15, 0.2) is 0 Å². The number of amides is 2. The highest BCUT2D eigenvalue weighted by Gasteiger charge is 2.34. The highest BCUT2D eigenvalue weighted by Crippen LogP contribution is 2.46. The molecule has 2 aromatic rings. The Morgan fingerprint density at radius 1 is 0.765 bits per heavy atom. The number of rotatable bonds is 2. The van der Waals surface area contributed by atoms with Crippen molar-refractivity contribution in [2.24, 2.45) is 23.3 Å². The van der Waals surface area contributed by atoms with E-state index in [1.165, 1.54) is 0 Å². The molecule has 0 fully saturated rings. The molecule has 0 radical (unpaired) electrons. The SMILES string of the molecule is [2H][C@@]1(C(N)=O)CCCC2=C1Cc1ccc(Cl)cc12.[2H][C@]1(C(N)=O)CCCC2=C1Cc1ccc(Cl)cc12. The van der Waals surface area contributed by atoms with Crippen molar-refractivity contribution in [1.82, 2.24) is 0 Å². The van der Waals surface area contributed by atoms with E-state index < -0.39 is 23.6 Å². The molecule has 6 heteroatoms. The largest absolute Gasteiger partial charge is 0.369 e. The maximum Gasteiger partial charge on any atom is 0.224 e. The molecule has 0 heterocycles. The smallest absolute Gasteiger partial charge is 0.224 e. The lowest BCUT2D eigenvalue weighted by Crippen LogP contribution is -2.27. The molecule has 0 aromatic heterocycles. The molecule has 0 saturated carbocycles. The molecule has 0 aliphatic heterocycles. The van der Waals surface area contributed by atoms with Crippen molar-refractivity contribution in [2.75, 3.05) is 0 Å². The van der Waals surface area contributed by atoms with Gasteiger partial charge in [0, 0.05) is 12.8 Å². The van der Waals surface area contributed by atoms with Gasteiger partial charge in [0.1, 0.15) is 0 Å². The lowest BCUT2D eigenvalue weighted by atomic mass is 9.82. The Bertz CT molecular complexity index is 1270. The molecule has 4 N–H and O–H groups in total. The molecule has 2 aromatic carbocycles. The number of halogens is 2. The third kappa shape index (κ3) is 4.18. The summed E-state index contributed by atoms with van der Waals surface area (Å²) in [5.41, 5.74) is 19.4. The molecule has 0 unspecified atom stereocenters. The normalized spacial score (nSPS) is 27.5. The Morgan fingerprint density at radius 3 is 1.56 bits per heavy atom. The Hall–Kier alpha value is -2.56. The number of benzene rings is 2. The van der Waals surface area contributed by atoms with Crippen molar-refractivity contribution in [1.29, 1.82) is 0 Å². The molecule has 2 atom stereocenters. The summed E-state index contributed by atoms with van der Waals surface area (Å²) in [5.74, 6) is -3.51. The summed E-state index contributed by atoms with van der Waals surface area (Å²) in [6, 6.07) is 11.6. The van der Waals surface area contributed by atoms with Gasteiger partial charge in [-0.2, -0.15) is 0 Å². The van der Waals surface area contributed by atoms with Gasteiger partial charge >= 0.3 is 0 Å². The number of carbonyl (C=O) groups excluding carboxylic acids is 2. The Morgan fingerprint density at radius 2 is 1.18 bits per heavy atom. The fraction of sp³-hybridized carbons (Fsp3) is 0.357. The molecule has 2 amide bonds. The molecule has 4 nitrogen and oxygen atoms in total. The molecule has 34 heavy (non-hydrogen) atoms. The lowest BCUT2D eigenvalue weighted by Gasteiger charge is -2.22. The van der Waals surface area contributed by atoms with Crippen LogP contribution < -0.4 is 11.5 Å². The van der Waals surface area contributed by atoms with Crippen LogP contribution in [0.2, 0.25) is 10.0 Å². The first-order valence-corrected chi connectivity index (χ1v) is 12.4. The van der Waals surface area contributed by atoms with Crippen molar-refractivity contribution in [3.05, 3.63) is 79.8 Å². The topological polar surface area (TPSA) is 86.2 Å². The van der Waals surface area contributed by atoms with Gasteiger partial charge < -0.3 is 11.5 Å². The number of allylic oxidation sites excluding steroid dienone is 2. The maximum absolute atomic E-state index is 11.6. The maximum atomic E-state index is 11.6. The summed E-state index contributed by atoms with van der Waals surface area (Å²) < 4.78 is 16.7. The van der Waals surface area contributed by atoms with Crippen molar-refractivity contribution in [3.63, 3.8) is 0 Å². The predicted octanol–water partition coefficient (Wildman–Crippen LogP) is 5.87. The average Bonchev–Trinajstić information content (AvgIpc) is 3.39. The van der Waals surface area contributed by atoms with E-state index in [0.29, 0.717) is 35.7 Å². The molecule has 0 bridgehead atoms. The molecule has 4 aliphatic carbocycles. The van der Waals surface area contributed by atoms with Crippen LogP contribution in [0.15, 0.2) is 47.5 Å². The second-order valence-corrected chi connectivity index (χ2v) is 10.1. The molecular weight excluding hydrogens is 467 g/mol. The van der Waals surface area contributed by atoms with Gasteiger partial charge in [-0.1, -0.05) is 35.3 Å². The first-order chi connectivity index (χ1) is 17.0. The second-order valence-electron chi connectivity index (χ2n) is 9.26. The van der Waals surface area contributed by atoms with Crippen molar-refractivity contribution >= 4 is 46.2 Å². The van der Waals surface area contributed by atoms with Gasteiger partial charge in [-0.15, -0.1) is 0 Å². The molecule has 4 aliphatic rings. The van der Waals surface area contributed by atoms with E-state index in [2.05, 4.69) is 0 Å². The van der Waals surface area contributed by atoms with E-state index in [4.69, 9.17) is 37.4 Å². The average molecular weight is 497 g/mol. The zero-order valence-electron chi connectivity index (χ0n) is 20.8. The Balaban J connectivity index is 0.000000148. The van der Waals surface area contributed by atoms with Crippen molar-refractivity contribution in [2.45, 2.75) is 51.4 Å². The van der Waals surface area contributed by atoms with Gasteiger partial charge in [0.2, 0.25) is 11.8 Å². The monoisotopic (exact) mass is 496 g/mol. The van der Waals surface area contributed by atoms with Gasteiger partial charge in [0.05, 0.1) is 11.8 Å². The number of hydrogen-bond acceptors (Lipinski definition) is 2. The molecular formula is C28H28Cl2N2O2. The number of hydrogen-bond donors (Lipinski definition) is 2. The number of fused-ring (bicyclic) bond motifs is 4. The van der Waals surface area contributed by atoms with Crippen LogP contribution in [-0.4, -0.2) is 11.8 Å². The summed E-state index contributed by atoms with van der Waals surface area (Å²) in [7, 11) is 0. The fourth-order valence-corrected chi connectivity index (χ4v) is 6.11. The molecule has 0 spiro atoms.